The van der Waals surface area contributed by atoms with Gasteiger partial charge >= 0.3 is 5.97 Å². The van der Waals surface area contributed by atoms with Crippen molar-refractivity contribution in [1.82, 2.24) is 0 Å². The third kappa shape index (κ3) is 2.37. The zero-order chi connectivity index (χ0) is 10.6. The maximum atomic E-state index is 11.3. The first kappa shape index (κ1) is 11.3. The Hall–Kier alpha value is -0.790. The van der Waals surface area contributed by atoms with Gasteiger partial charge in [0.05, 0.1) is 5.41 Å². The average molecular weight is 196 g/mol. The lowest BCUT2D eigenvalue weighted by Crippen LogP contribution is -2.34. The minimum atomic E-state index is -0.605. The van der Waals surface area contributed by atoms with Crippen LogP contribution in [0.25, 0.3) is 0 Å². The Kier molecular flexibility index (Phi) is 3.73. The molecule has 80 valence electrons. The Morgan fingerprint density at radius 3 is 2.57 bits per heavy atom. The van der Waals surface area contributed by atoms with E-state index in [0.717, 1.165) is 38.5 Å². The van der Waals surface area contributed by atoms with Crippen molar-refractivity contribution >= 4 is 5.97 Å². The van der Waals surface area contributed by atoms with E-state index in [0.29, 0.717) is 5.92 Å². The lowest BCUT2D eigenvalue weighted by Gasteiger charge is -2.35. The number of hydrogen-bond donors (Lipinski definition) is 1. The highest BCUT2D eigenvalue weighted by atomic mass is 16.4. The number of aliphatic carboxylic acids is 1. The predicted octanol–water partition coefficient (Wildman–Crippen LogP) is 3.23. The predicted molar refractivity (Wildman–Crippen MR) is 57.1 cm³/mol. The van der Waals surface area contributed by atoms with Crippen molar-refractivity contribution < 1.29 is 9.90 Å². The van der Waals surface area contributed by atoms with Crippen molar-refractivity contribution in [3.63, 3.8) is 0 Å². The van der Waals surface area contributed by atoms with E-state index in [1.165, 1.54) is 0 Å². The van der Waals surface area contributed by atoms with Crippen LogP contribution in [0.5, 0.6) is 0 Å². The van der Waals surface area contributed by atoms with Gasteiger partial charge in [0.1, 0.15) is 0 Å². The van der Waals surface area contributed by atoms with E-state index in [9.17, 15) is 9.90 Å². The number of carboxylic acids is 1. The summed E-state index contributed by atoms with van der Waals surface area (Å²) in [6.45, 7) is 5.87. The van der Waals surface area contributed by atoms with E-state index in [4.69, 9.17) is 0 Å². The largest absolute Gasteiger partial charge is 0.481 e. The van der Waals surface area contributed by atoms with Gasteiger partial charge in [0.15, 0.2) is 0 Å². The van der Waals surface area contributed by atoms with Crippen LogP contribution >= 0.6 is 0 Å². The van der Waals surface area contributed by atoms with E-state index in [1.54, 1.807) is 0 Å². The molecule has 1 aliphatic carbocycles. The average Bonchev–Trinajstić information content (AvgIpc) is 2.17. The fraction of sp³-hybridized carbons (Fsp3) is 0.750. The van der Waals surface area contributed by atoms with Gasteiger partial charge in [-0.25, -0.2) is 0 Å². The topological polar surface area (TPSA) is 37.3 Å². The smallest absolute Gasteiger partial charge is 0.309 e. The van der Waals surface area contributed by atoms with Crippen LogP contribution in [-0.2, 0) is 4.79 Å². The molecule has 0 spiro atoms. The lowest BCUT2D eigenvalue weighted by molar-refractivity contribution is -0.152. The summed E-state index contributed by atoms with van der Waals surface area (Å²) in [5.74, 6) is 0.0949. The fourth-order valence-corrected chi connectivity index (χ4v) is 2.26. The molecule has 0 aromatic rings. The van der Waals surface area contributed by atoms with Gasteiger partial charge in [-0.05, 0) is 44.4 Å². The molecule has 2 heteroatoms. The van der Waals surface area contributed by atoms with Crippen LogP contribution in [0.15, 0.2) is 12.7 Å². The first-order valence-corrected chi connectivity index (χ1v) is 5.45. The van der Waals surface area contributed by atoms with Crippen molar-refractivity contribution in [2.45, 2.75) is 45.4 Å². The molecule has 0 unspecified atom stereocenters. The van der Waals surface area contributed by atoms with Crippen molar-refractivity contribution in [3.8, 4) is 0 Å². The Balaban J connectivity index is 2.62. The normalized spacial score (nSPS) is 32.5. The third-order valence-corrected chi connectivity index (χ3v) is 3.51. The van der Waals surface area contributed by atoms with E-state index < -0.39 is 11.4 Å². The van der Waals surface area contributed by atoms with Gasteiger partial charge in [-0.3, -0.25) is 4.79 Å². The molecule has 0 radical (unpaired) electrons. The molecule has 0 aromatic carbocycles. The number of carboxylic acid groups (broad SMARTS) is 1. The molecular formula is C12H20O2. The first-order chi connectivity index (χ1) is 6.60. The molecule has 1 rings (SSSR count). The van der Waals surface area contributed by atoms with Crippen molar-refractivity contribution in [2.75, 3.05) is 0 Å². The van der Waals surface area contributed by atoms with E-state index >= 15 is 0 Å². The van der Waals surface area contributed by atoms with Gasteiger partial charge in [-0.15, -0.1) is 6.58 Å². The molecule has 0 atom stereocenters. The highest BCUT2D eigenvalue weighted by Gasteiger charge is 2.40. The van der Waals surface area contributed by atoms with E-state index in [-0.39, 0.29) is 0 Å². The number of allylic oxidation sites excluding steroid dienone is 1. The molecule has 1 aliphatic rings. The molecule has 1 saturated carbocycles. The summed E-state index contributed by atoms with van der Waals surface area (Å²) in [7, 11) is 0. The van der Waals surface area contributed by atoms with Crippen LogP contribution in [0.4, 0.5) is 0 Å². The summed E-state index contributed by atoms with van der Waals surface area (Å²) in [6.07, 6.45) is 7.21. The number of rotatable bonds is 4. The van der Waals surface area contributed by atoms with Crippen molar-refractivity contribution in [3.05, 3.63) is 12.7 Å². The van der Waals surface area contributed by atoms with E-state index in [1.807, 2.05) is 6.08 Å². The second kappa shape index (κ2) is 4.63. The second-order valence-electron chi connectivity index (χ2n) is 4.60. The zero-order valence-corrected chi connectivity index (χ0v) is 8.96. The maximum Gasteiger partial charge on any atom is 0.309 e. The van der Waals surface area contributed by atoms with E-state index in [2.05, 4.69) is 13.5 Å². The summed E-state index contributed by atoms with van der Waals surface area (Å²) in [6, 6.07) is 0. The van der Waals surface area contributed by atoms with Gasteiger partial charge in [-0.2, -0.15) is 0 Å². The lowest BCUT2D eigenvalue weighted by atomic mass is 9.68. The van der Waals surface area contributed by atoms with Crippen LogP contribution in [0.3, 0.4) is 0 Å². The second-order valence-corrected chi connectivity index (χ2v) is 4.60. The molecule has 0 aliphatic heterocycles. The summed E-state index contributed by atoms with van der Waals surface area (Å²) in [5.41, 5.74) is -0.444. The first-order valence-electron chi connectivity index (χ1n) is 5.45. The molecule has 1 N–H and O–H groups in total. The SMILES string of the molecule is C=CCCC1(C(=O)O)CCC(C)CC1. The summed E-state index contributed by atoms with van der Waals surface area (Å²) in [4.78, 5) is 11.3. The highest BCUT2D eigenvalue weighted by molar-refractivity contribution is 5.74. The summed E-state index contributed by atoms with van der Waals surface area (Å²) < 4.78 is 0. The zero-order valence-electron chi connectivity index (χ0n) is 8.96. The molecule has 1 fully saturated rings. The van der Waals surface area contributed by atoms with Crippen LogP contribution < -0.4 is 0 Å². The number of carbonyl (C=O) groups is 1. The molecule has 0 amide bonds. The standard InChI is InChI=1S/C12H20O2/c1-3-4-7-12(11(13)14)8-5-10(2)6-9-12/h3,10H,1,4-9H2,2H3,(H,13,14). The quantitative estimate of drug-likeness (QED) is 0.701. The Bertz CT molecular complexity index is 212. The van der Waals surface area contributed by atoms with Crippen molar-refractivity contribution in [1.29, 1.82) is 0 Å². The Labute approximate surface area is 86.0 Å². The minimum Gasteiger partial charge on any atom is -0.481 e. The van der Waals surface area contributed by atoms with Crippen LogP contribution in [0.2, 0.25) is 0 Å². The molecular weight excluding hydrogens is 176 g/mol. The summed E-state index contributed by atoms with van der Waals surface area (Å²) in [5, 5.41) is 9.27. The molecule has 0 heterocycles. The minimum absolute atomic E-state index is 0.444. The number of hydrogen-bond acceptors (Lipinski definition) is 1. The molecule has 14 heavy (non-hydrogen) atoms. The van der Waals surface area contributed by atoms with Crippen molar-refractivity contribution in [2.24, 2.45) is 11.3 Å². The van der Waals surface area contributed by atoms with Gasteiger partial charge in [0.2, 0.25) is 0 Å². The third-order valence-electron chi connectivity index (χ3n) is 3.51. The fourth-order valence-electron chi connectivity index (χ4n) is 2.26. The Morgan fingerprint density at radius 1 is 1.57 bits per heavy atom. The summed E-state index contributed by atoms with van der Waals surface area (Å²) >= 11 is 0. The van der Waals surface area contributed by atoms with Gasteiger partial charge in [-0.1, -0.05) is 13.0 Å². The van der Waals surface area contributed by atoms with Crippen LogP contribution in [0, 0.1) is 11.3 Å². The molecule has 0 saturated heterocycles. The van der Waals surface area contributed by atoms with Gasteiger partial charge in [0.25, 0.3) is 0 Å². The molecule has 0 bridgehead atoms. The van der Waals surface area contributed by atoms with Gasteiger partial charge in [0, 0.05) is 0 Å². The van der Waals surface area contributed by atoms with Crippen LogP contribution in [0.1, 0.15) is 45.4 Å². The maximum absolute atomic E-state index is 11.3. The molecule has 2 nitrogen and oxygen atoms in total. The highest BCUT2D eigenvalue weighted by Crippen LogP contribution is 2.42. The Morgan fingerprint density at radius 2 is 2.14 bits per heavy atom. The molecule has 0 aromatic heterocycles. The van der Waals surface area contributed by atoms with Gasteiger partial charge < -0.3 is 5.11 Å². The van der Waals surface area contributed by atoms with Crippen LogP contribution in [-0.4, -0.2) is 11.1 Å². The monoisotopic (exact) mass is 196 g/mol.